The second-order valence-electron chi connectivity index (χ2n) is 4.69. The van der Waals surface area contributed by atoms with Crippen LogP contribution in [-0.2, 0) is 14.8 Å². The minimum atomic E-state index is -3.31. The SMILES string of the molecule is O=S(=O)(c1ccccc1)N1CCC2(CC1)CO2. The van der Waals surface area contributed by atoms with E-state index in [4.69, 9.17) is 4.74 Å². The van der Waals surface area contributed by atoms with E-state index < -0.39 is 10.0 Å². The first-order chi connectivity index (χ1) is 8.12. The summed E-state index contributed by atoms with van der Waals surface area (Å²) in [4.78, 5) is 0.382. The van der Waals surface area contributed by atoms with Gasteiger partial charge in [0.25, 0.3) is 0 Å². The zero-order valence-electron chi connectivity index (χ0n) is 9.50. The number of epoxide rings is 1. The molecule has 1 aromatic rings. The third-order valence-corrected chi connectivity index (χ3v) is 5.48. The molecule has 3 rings (SSSR count). The van der Waals surface area contributed by atoms with Crippen molar-refractivity contribution >= 4 is 10.0 Å². The minimum absolute atomic E-state index is 0.0166. The molecule has 1 aromatic carbocycles. The number of piperidine rings is 1. The van der Waals surface area contributed by atoms with Crippen LogP contribution in [0.4, 0.5) is 0 Å². The fourth-order valence-electron chi connectivity index (χ4n) is 2.27. The van der Waals surface area contributed by atoms with Crippen LogP contribution >= 0.6 is 0 Å². The third-order valence-electron chi connectivity index (χ3n) is 3.57. The molecule has 0 aliphatic carbocycles. The number of ether oxygens (including phenoxy) is 1. The van der Waals surface area contributed by atoms with Crippen molar-refractivity contribution in [3.05, 3.63) is 30.3 Å². The third kappa shape index (κ3) is 1.99. The molecule has 92 valence electrons. The zero-order chi connectivity index (χ0) is 11.9. The summed E-state index contributed by atoms with van der Waals surface area (Å²) < 4.78 is 31.6. The van der Waals surface area contributed by atoms with Crippen LogP contribution < -0.4 is 0 Å². The highest BCUT2D eigenvalue weighted by molar-refractivity contribution is 7.89. The maximum atomic E-state index is 12.3. The molecule has 0 bridgehead atoms. The summed E-state index contributed by atoms with van der Waals surface area (Å²) in [5.74, 6) is 0. The van der Waals surface area contributed by atoms with Gasteiger partial charge in [-0.2, -0.15) is 4.31 Å². The van der Waals surface area contributed by atoms with Crippen molar-refractivity contribution < 1.29 is 13.2 Å². The fraction of sp³-hybridized carbons (Fsp3) is 0.500. The van der Waals surface area contributed by atoms with Gasteiger partial charge >= 0.3 is 0 Å². The molecular formula is C12H15NO3S. The summed E-state index contributed by atoms with van der Waals surface area (Å²) in [5, 5.41) is 0. The van der Waals surface area contributed by atoms with Crippen molar-refractivity contribution in [3.8, 4) is 0 Å². The second-order valence-corrected chi connectivity index (χ2v) is 6.63. The van der Waals surface area contributed by atoms with Crippen LogP contribution in [0.15, 0.2) is 35.2 Å². The Balaban J connectivity index is 1.80. The summed E-state index contributed by atoms with van der Waals surface area (Å²) in [6.45, 7) is 1.93. The van der Waals surface area contributed by atoms with Crippen LogP contribution in [0.1, 0.15) is 12.8 Å². The minimum Gasteiger partial charge on any atom is -0.369 e. The van der Waals surface area contributed by atoms with Gasteiger partial charge in [0.2, 0.25) is 10.0 Å². The average molecular weight is 253 g/mol. The Kier molecular flexibility index (Phi) is 2.50. The van der Waals surface area contributed by atoms with Gasteiger partial charge in [0, 0.05) is 13.1 Å². The van der Waals surface area contributed by atoms with E-state index in [-0.39, 0.29) is 5.60 Å². The lowest BCUT2D eigenvalue weighted by Crippen LogP contribution is -2.41. The van der Waals surface area contributed by atoms with Crippen molar-refractivity contribution in [2.24, 2.45) is 0 Å². The molecular weight excluding hydrogens is 238 g/mol. The zero-order valence-corrected chi connectivity index (χ0v) is 10.3. The first-order valence-corrected chi connectivity index (χ1v) is 7.26. The Morgan fingerprint density at radius 2 is 1.71 bits per heavy atom. The molecule has 4 nitrogen and oxygen atoms in total. The molecule has 2 fully saturated rings. The maximum Gasteiger partial charge on any atom is 0.243 e. The summed E-state index contributed by atoms with van der Waals surface area (Å²) in [6.07, 6.45) is 1.64. The molecule has 0 atom stereocenters. The van der Waals surface area contributed by atoms with E-state index in [1.165, 1.54) is 0 Å². The molecule has 0 radical (unpaired) electrons. The van der Waals surface area contributed by atoms with Gasteiger partial charge in [0.15, 0.2) is 0 Å². The lowest BCUT2D eigenvalue weighted by atomic mass is 10.00. The van der Waals surface area contributed by atoms with Crippen LogP contribution in [0.25, 0.3) is 0 Å². The van der Waals surface area contributed by atoms with E-state index >= 15 is 0 Å². The van der Waals surface area contributed by atoms with Crippen LogP contribution in [0, 0.1) is 0 Å². The van der Waals surface area contributed by atoms with Crippen molar-refractivity contribution in [3.63, 3.8) is 0 Å². The van der Waals surface area contributed by atoms with Gasteiger partial charge in [-0.15, -0.1) is 0 Å². The molecule has 0 saturated carbocycles. The number of hydrogen-bond acceptors (Lipinski definition) is 3. The normalized spacial score (nSPS) is 23.8. The molecule has 2 saturated heterocycles. The fourth-order valence-corrected chi connectivity index (χ4v) is 3.73. The number of hydrogen-bond donors (Lipinski definition) is 0. The highest BCUT2D eigenvalue weighted by Crippen LogP contribution is 2.38. The van der Waals surface area contributed by atoms with Gasteiger partial charge in [-0.3, -0.25) is 0 Å². The van der Waals surface area contributed by atoms with Crippen molar-refractivity contribution in [1.82, 2.24) is 4.31 Å². The second kappa shape index (κ2) is 3.80. The average Bonchev–Trinajstić information content (AvgIpc) is 3.10. The quantitative estimate of drug-likeness (QED) is 0.745. The van der Waals surface area contributed by atoms with E-state index in [0.717, 1.165) is 19.4 Å². The topological polar surface area (TPSA) is 49.9 Å². The molecule has 17 heavy (non-hydrogen) atoms. The molecule has 0 N–H and O–H groups in total. The highest BCUT2D eigenvalue weighted by Gasteiger charge is 2.48. The summed E-state index contributed by atoms with van der Waals surface area (Å²) in [5.41, 5.74) is 0.0166. The maximum absolute atomic E-state index is 12.3. The highest BCUT2D eigenvalue weighted by atomic mass is 32.2. The number of rotatable bonds is 2. The van der Waals surface area contributed by atoms with Crippen LogP contribution in [0.3, 0.4) is 0 Å². The standard InChI is InChI=1S/C12H15NO3S/c14-17(15,11-4-2-1-3-5-11)13-8-6-12(7-9-13)10-16-12/h1-5H,6-10H2. The molecule has 1 spiro atoms. The molecule has 0 unspecified atom stereocenters. The van der Waals surface area contributed by atoms with Gasteiger partial charge < -0.3 is 4.74 Å². The first kappa shape index (κ1) is 11.2. The van der Waals surface area contributed by atoms with Crippen molar-refractivity contribution in [1.29, 1.82) is 0 Å². The first-order valence-electron chi connectivity index (χ1n) is 5.82. The van der Waals surface area contributed by atoms with Crippen molar-refractivity contribution in [2.45, 2.75) is 23.3 Å². The molecule has 5 heteroatoms. The molecule has 2 aliphatic heterocycles. The predicted molar refractivity (Wildman–Crippen MR) is 63.1 cm³/mol. The lowest BCUT2D eigenvalue weighted by Gasteiger charge is -2.29. The number of nitrogens with zero attached hydrogens (tertiary/aromatic N) is 1. The van der Waals surface area contributed by atoms with E-state index in [1.54, 1.807) is 28.6 Å². The molecule has 2 aliphatic rings. The van der Waals surface area contributed by atoms with Crippen LogP contribution in [0.2, 0.25) is 0 Å². The van der Waals surface area contributed by atoms with Crippen molar-refractivity contribution in [2.75, 3.05) is 19.7 Å². The Morgan fingerprint density at radius 3 is 2.24 bits per heavy atom. The molecule has 0 amide bonds. The van der Waals surface area contributed by atoms with Gasteiger partial charge in [-0.1, -0.05) is 18.2 Å². The summed E-state index contributed by atoms with van der Waals surface area (Å²) in [7, 11) is -3.31. The number of sulfonamides is 1. The Bertz CT molecular complexity index is 498. The van der Waals surface area contributed by atoms with Gasteiger partial charge in [0.1, 0.15) is 0 Å². The molecule has 2 heterocycles. The monoisotopic (exact) mass is 253 g/mol. The summed E-state index contributed by atoms with van der Waals surface area (Å²) in [6, 6.07) is 8.62. The van der Waals surface area contributed by atoms with Crippen LogP contribution in [0.5, 0.6) is 0 Å². The van der Waals surface area contributed by atoms with E-state index in [9.17, 15) is 8.42 Å². The Labute approximate surface area is 101 Å². The van der Waals surface area contributed by atoms with Gasteiger partial charge in [-0.05, 0) is 25.0 Å². The van der Waals surface area contributed by atoms with Crippen LogP contribution in [-0.4, -0.2) is 38.0 Å². The predicted octanol–water partition coefficient (Wildman–Crippen LogP) is 1.24. The van der Waals surface area contributed by atoms with E-state index in [1.807, 2.05) is 6.07 Å². The lowest BCUT2D eigenvalue weighted by molar-refractivity contribution is 0.202. The van der Waals surface area contributed by atoms with Gasteiger partial charge in [-0.25, -0.2) is 8.42 Å². The number of benzene rings is 1. The van der Waals surface area contributed by atoms with E-state index in [0.29, 0.717) is 18.0 Å². The smallest absolute Gasteiger partial charge is 0.243 e. The summed E-state index contributed by atoms with van der Waals surface area (Å²) >= 11 is 0. The Hall–Kier alpha value is -0.910. The largest absolute Gasteiger partial charge is 0.369 e. The van der Waals surface area contributed by atoms with Gasteiger partial charge in [0.05, 0.1) is 17.1 Å². The van der Waals surface area contributed by atoms with E-state index in [2.05, 4.69) is 0 Å². The Morgan fingerprint density at radius 1 is 1.12 bits per heavy atom. The molecule has 0 aromatic heterocycles.